The van der Waals surface area contributed by atoms with E-state index >= 15 is 0 Å². The molecule has 0 bridgehead atoms. The van der Waals surface area contributed by atoms with Gasteiger partial charge in [0.15, 0.2) is 0 Å². The summed E-state index contributed by atoms with van der Waals surface area (Å²) in [4.78, 5) is 16.8. The number of amides is 1. The first kappa shape index (κ1) is 17.0. The van der Waals surface area contributed by atoms with Crippen LogP contribution in [-0.4, -0.2) is 40.2 Å². The fourth-order valence-corrected chi connectivity index (χ4v) is 3.71. The van der Waals surface area contributed by atoms with Gasteiger partial charge < -0.3 is 15.2 Å². The third kappa shape index (κ3) is 3.48. The molecule has 128 valence electrons. The van der Waals surface area contributed by atoms with Crippen molar-refractivity contribution in [3.8, 4) is 0 Å². The van der Waals surface area contributed by atoms with Crippen LogP contribution in [0.3, 0.4) is 0 Å². The van der Waals surface area contributed by atoms with Crippen LogP contribution in [0.2, 0.25) is 0 Å². The molecule has 1 unspecified atom stereocenters. The van der Waals surface area contributed by atoms with Gasteiger partial charge in [-0.3, -0.25) is 4.79 Å². The van der Waals surface area contributed by atoms with Crippen molar-refractivity contribution in [3.63, 3.8) is 0 Å². The molecule has 0 aliphatic carbocycles. The van der Waals surface area contributed by atoms with E-state index in [0.717, 1.165) is 17.1 Å². The summed E-state index contributed by atoms with van der Waals surface area (Å²) in [7, 11) is 0. The predicted octanol–water partition coefficient (Wildman–Crippen LogP) is 2.11. The van der Waals surface area contributed by atoms with Gasteiger partial charge in [0.1, 0.15) is 5.82 Å². The lowest BCUT2D eigenvalue weighted by Crippen LogP contribution is -2.46. The third-order valence-electron chi connectivity index (χ3n) is 4.55. The summed E-state index contributed by atoms with van der Waals surface area (Å²) in [6.07, 6.45) is 1.39. The fraction of sp³-hybridized carbons (Fsp3) is 0.471. The molecule has 1 saturated heterocycles. The number of aromatic nitrogens is 2. The van der Waals surface area contributed by atoms with E-state index in [0.29, 0.717) is 36.9 Å². The Bertz CT molecular complexity index is 683. The highest BCUT2D eigenvalue weighted by atomic mass is 32.1. The summed E-state index contributed by atoms with van der Waals surface area (Å²) in [5.41, 5.74) is 0.540. The van der Waals surface area contributed by atoms with Crippen molar-refractivity contribution >= 4 is 17.4 Å². The minimum Gasteiger partial charge on any atom is -0.396 e. The third-order valence-corrected chi connectivity index (χ3v) is 5.35. The summed E-state index contributed by atoms with van der Waals surface area (Å²) in [6.45, 7) is 2.91. The Morgan fingerprint density at radius 1 is 1.38 bits per heavy atom. The maximum Gasteiger partial charge on any atom is 0.282 e. The number of aliphatic hydroxyl groups is 1. The maximum atomic E-state index is 12.6. The number of nitrogens with zero attached hydrogens (tertiary/aromatic N) is 2. The molecule has 1 fully saturated rings. The molecule has 1 atom stereocenters. The second-order valence-electron chi connectivity index (χ2n) is 6.10. The number of rotatable bonds is 5. The van der Waals surface area contributed by atoms with Gasteiger partial charge in [-0.05, 0) is 36.9 Å². The Balaban J connectivity index is 1.91. The van der Waals surface area contributed by atoms with Crippen LogP contribution in [0.25, 0.3) is 0 Å². The van der Waals surface area contributed by atoms with E-state index in [9.17, 15) is 9.90 Å². The summed E-state index contributed by atoms with van der Waals surface area (Å²) in [6, 6.07) is 9.46. The van der Waals surface area contributed by atoms with Gasteiger partial charge in [-0.2, -0.15) is 4.37 Å². The molecule has 2 aromatic rings. The predicted molar refractivity (Wildman–Crippen MR) is 90.9 cm³/mol. The zero-order valence-corrected chi connectivity index (χ0v) is 14.4. The number of nitrogens with one attached hydrogen (secondary N) is 1. The summed E-state index contributed by atoms with van der Waals surface area (Å²) in [5.74, 6) is 0.332. The van der Waals surface area contributed by atoms with Gasteiger partial charge in [-0.1, -0.05) is 30.3 Å². The van der Waals surface area contributed by atoms with Gasteiger partial charge in [0.05, 0.1) is 12.6 Å². The molecule has 24 heavy (non-hydrogen) atoms. The van der Waals surface area contributed by atoms with Crippen LogP contribution in [-0.2, 0) is 4.74 Å². The van der Waals surface area contributed by atoms with Gasteiger partial charge in [0.25, 0.3) is 5.91 Å². The molecule has 7 heteroatoms. The lowest BCUT2D eigenvalue weighted by atomic mass is 9.72. The fourth-order valence-electron chi connectivity index (χ4n) is 3.13. The van der Waals surface area contributed by atoms with E-state index in [2.05, 4.69) is 14.7 Å². The molecule has 3 rings (SSSR count). The standard InChI is InChI=1S/C17H21N3O3S/c1-12-18-16(24-20-12)15(22)19-14(13-5-3-2-4-6-13)17(11-21)7-9-23-10-8-17/h2-6,14,21H,7-11H2,1H3,(H,19,22). The van der Waals surface area contributed by atoms with Crippen LogP contribution in [0.4, 0.5) is 0 Å². The largest absolute Gasteiger partial charge is 0.396 e. The SMILES string of the molecule is Cc1nsc(C(=O)NC(c2ccccc2)C2(CO)CCOCC2)n1. The van der Waals surface area contributed by atoms with Gasteiger partial charge in [-0.25, -0.2) is 4.98 Å². The number of aryl methyl sites for hydroxylation is 1. The van der Waals surface area contributed by atoms with Crippen LogP contribution in [0.5, 0.6) is 0 Å². The molecule has 1 aromatic heterocycles. The molecule has 0 saturated carbocycles. The minimum absolute atomic E-state index is 0.00858. The minimum atomic E-state index is -0.436. The highest BCUT2D eigenvalue weighted by Crippen LogP contribution is 2.42. The van der Waals surface area contributed by atoms with Gasteiger partial charge in [0.2, 0.25) is 5.01 Å². The molecule has 0 radical (unpaired) electrons. The molecule has 1 amide bonds. The molecular weight excluding hydrogens is 326 g/mol. The highest BCUT2D eigenvalue weighted by Gasteiger charge is 2.42. The van der Waals surface area contributed by atoms with Gasteiger partial charge in [-0.15, -0.1) is 0 Å². The number of carbonyl (C=O) groups is 1. The molecule has 1 aliphatic heterocycles. The normalized spacial score (nSPS) is 18.1. The van der Waals surface area contributed by atoms with Crippen LogP contribution >= 0.6 is 11.5 Å². The number of ether oxygens (including phenoxy) is 1. The average Bonchev–Trinajstić information content (AvgIpc) is 3.07. The second kappa shape index (κ2) is 7.38. The molecule has 2 N–H and O–H groups in total. The van der Waals surface area contributed by atoms with Crippen LogP contribution in [0, 0.1) is 12.3 Å². The Labute approximate surface area is 145 Å². The van der Waals surface area contributed by atoms with Gasteiger partial charge in [0, 0.05) is 18.6 Å². The van der Waals surface area contributed by atoms with Crippen molar-refractivity contribution in [1.29, 1.82) is 0 Å². The Kier molecular flexibility index (Phi) is 5.23. The van der Waals surface area contributed by atoms with Crippen molar-refractivity contribution in [2.45, 2.75) is 25.8 Å². The number of hydrogen-bond donors (Lipinski definition) is 2. The Morgan fingerprint density at radius 2 is 2.08 bits per heavy atom. The lowest BCUT2D eigenvalue weighted by molar-refractivity contribution is -0.0369. The van der Waals surface area contributed by atoms with Crippen LogP contribution in [0.1, 0.15) is 40.1 Å². The van der Waals surface area contributed by atoms with E-state index in [4.69, 9.17) is 4.74 Å². The van der Waals surface area contributed by atoms with Crippen molar-refractivity contribution in [2.75, 3.05) is 19.8 Å². The summed E-state index contributed by atoms with van der Waals surface area (Å²) < 4.78 is 9.53. The van der Waals surface area contributed by atoms with Crippen molar-refractivity contribution in [1.82, 2.24) is 14.7 Å². The first-order chi connectivity index (χ1) is 11.6. The van der Waals surface area contributed by atoms with E-state index in [-0.39, 0.29) is 18.6 Å². The quantitative estimate of drug-likeness (QED) is 0.865. The number of hydrogen-bond acceptors (Lipinski definition) is 6. The van der Waals surface area contributed by atoms with Crippen molar-refractivity contribution < 1.29 is 14.6 Å². The molecular formula is C17H21N3O3S. The maximum absolute atomic E-state index is 12.6. The van der Waals surface area contributed by atoms with E-state index in [1.165, 1.54) is 0 Å². The smallest absolute Gasteiger partial charge is 0.282 e. The van der Waals surface area contributed by atoms with Crippen molar-refractivity contribution in [2.24, 2.45) is 5.41 Å². The molecule has 1 aliphatic rings. The number of carbonyl (C=O) groups excluding carboxylic acids is 1. The zero-order chi connectivity index (χ0) is 17.0. The highest BCUT2D eigenvalue weighted by molar-refractivity contribution is 7.07. The number of aliphatic hydroxyl groups excluding tert-OH is 1. The van der Waals surface area contributed by atoms with E-state index in [1.807, 2.05) is 30.3 Å². The Hall–Kier alpha value is -1.83. The molecule has 1 aromatic carbocycles. The molecule has 0 spiro atoms. The summed E-state index contributed by atoms with van der Waals surface area (Å²) >= 11 is 1.09. The topological polar surface area (TPSA) is 84.3 Å². The zero-order valence-electron chi connectivity index (χ0n) is 13.6. The summed E-state index contributed by atoms with van der Waals surface area (Å²) in [5, 5.41) is 13.5. The Morgan fingerprint density at radius 3 is 2.67 bits per heavy atom. The van der Waals surface area contributed by atoms with E-state index in [1.54, 1.807) is 6.92 Å². The second-order valence-corrected chi connectivity index (χ2v) is 6.85. The first-order valence-corrected chi connectivity index (χ1v) is 8.77. The van der Waals surface area contributed by atoms with Crippen LogP contribution in [0.15, 0.2) is 30.3 Å². The van der Waals surface area contributed by atoms with E-state index < -0.39 is 5.41 Å². The average molecular weight is 347 g/mol. The monoisotopic (exact) mass is 347 g/mol. The molecule has 6 nitrogen and oxygen atoms in total. The van der Waals surface area contributed by atoms with Gasteiger partial charge >= 0.3 is 0 Å². The lowest BCUT2D eigenvalue weighted by Gasteiger charge is -2.42. The van der Waals surface area contributed by atoms with Crippen molar-refractivity contribution in [3.05, 3.63) is 46.7 Å². The number of benzene rings is 1. The van der Waals surface area contributed by atoms with Crippen LogP contribution < -0.4 is 5.32 Å². The molecule has 2 heterocycles. The first-order valence-electron chi connectivity index (χ1n) is 7.99.